The molecule has 0 radical (unpaired) electrons. The van der Waals surface area contributed by atoms with Gasteiger partial charge in [-0.05, 0) is 55.0 Å². The molecule has 2 amide bonds. The summed E-state index contributed by atoms with van der Waals surface area (Å²) in [6.07, 6.45) is -0.303. The zero-order chi connectivity index (χ0) is 33.0. The average Bonchev–Trinajstić information content (AvgIpc) is 2.97. The van der Waals surface area contributed by atoms with Gasteiger partial charge in [0.25, 0.3) is 5.91 Å². The van der Waals surface area contributed by atoms with Crippen molar-refractivity contribution in [1.82, 2.24) is 5.32 Å². The molecule has 2 aromatic rings. The number of fused-ring (bicyclic) bond motifs is 3. The van der Waals surface area contributed by atoms with Gasteiger partial charge in [0.2, 0.25) is 5.91 Å². The number of hydrogen-bond acceptors (Lipinski definition) is 11. The number of ketones is 4. The van der Waals surface area contributed by atoms with E-state index in [1.165, 1.54) is 12.1 Å². The third-order valence-corrected chi connectivity index (χ3v) is 8.99. The molecule has 0 saturated heterocycles. The number of hydrogen-bond donors (Lipinski definition) is 4. The van der Waals surface area contributed by atoms with E-state index in [0.29, 0.717) is 16.8 Å². The summed E-state index contributed by atoms with van der Waals surface area (Å²) in [6, 6.07) is 7.80. The van der Waals surface area contributed by atoms with Crippen molar-refractivity contribution in [3.63, 3.8) is 0 Å². The number of ether oxygens (including phenoxy) is 1. The number of esters is 1. The third-order valence-electron chi connectivity index (χ3n) is 8.99. The number of carbonyl (C=O) groups excluding carboxylic acids is 7. The number of nitrogens with two attached hydrogens (primary N) is 1. The molecule has 0 aliphatic heterocycles. The predicted octanol–water partition coefficient (Wildman–Crippen LogP) is 0.353. The Labute approximate surface area is 257 Å². The van der Waals surface area contributed by atoms with E-state index in [0.717, 1.165) is 0 Å². The first-order valence-corrected chi connectivity index (χ1v) is 14.5. The fourth-order valence-corrected chi connectivity index (χ4v) is 6.93. The average molecular weight is 620 g/mol. The number of primary amides is 1. The molecule has 5 rings (SSSR count). The van der Waals surface area contributed by atoms with Gasteiger partial charge in [-0.3, -0.25) is 33.6 Å². The molecular formula is C32H33N3O10. The lowest BCUT2D eigenvalue weighted by Gasteiger charge is -2.48. The maximum atomic E-state index is 14.1. The van der Waals surface area contributed by atoms with Crippen LogP contribution in [0.1, 0.15) is 46.0 Å². The Balaban J connectivity index is 1.56. The highest BCUT2D eigenvalue weighted by Gasteiger charge is 2.66. The third kappa shape index (κ3) is 5.06. The van der Waals surface area contributed by atoms with Crippen molar-refractivity contribution in [3.05, 3.63) is 47.0 Å². The molecule has 13 nitrogen and oxygen atoms in total. The molecule has 2 saturated carbocycles. The van der Waals surface area contributed by atoms with E-state index in [9.17, 15) is 43.8 Å². The number of anilines is 1. The minimum atomic E-state index is -2.75. The number of rotatable bonds is 7. The Morgan fingerprint density at radius 2 is 1.80 bits per heavy atom. The molecule has 0 spiro atoms. The second kappa shape index (κ2) is 11.5. The first-order valence-electron chi connectivity index (χ1n) is 14.5. The molecule has 2 unspecified atom stereocenters. The molecule has 2 aromatic carbocycles. The summed E-state index contributed by atoms with van der Waals surface area (Å²) in [6.45, 7) is 1.45. The van der Waals surface area contributed by atoms with Gasteiger partial charge >= 0.3 is 5.97 Å². The Kier molecular flexibility index (Phi) is 8.08. The van der Waals surface area contributed by atoms with Crippen LogP contribution in [0.15, 0.2) is 30.3 Å². The first-order chi connectivity index (χ1) is 21.2. The van der Waals surface area contributed by atoms with E-state index in [-0.39, 0.29) is 42.7 Å². The predicted molar refractivity (Wildman–Crippen MR) is 157 cm³/mol. The summed E-state index contributed by atoms with van der Waals surface area (Å²) in [5.41, 5.74) is 4.06. The number of phenolic OH excluding ortho intramolecular Hbond substituents is 1. The highest BCUT2D eigenvalue weighted by Crippen LogP contribution is 2.52. The zero-order valence-electron chi connectivity index (χ0n) is 24.9. The molecule has 236 valence electrons. The SMILES string of the molecule is CCOC(=O)CNC(=O)c1cccc(-c2cc(N(C)C)c3c(c2O)C(=O)C2C(=O)[C@]4(O)C(=O)C(C(N)=O)C(=O)C[C@@H]4C[C@@H]2C3)c1. The van der Waals surface area contributed by atoms with Gasteiger partial charge in [0.1, 0.15) is 12.3 Å². The number of phenols is 1. The van der Waals surface area contributed by atoms with Crippen molar-refractivity contribution < 1.29 is 48.5 Å². The number of benzene rings is 2. The first kappa shape index (κ1) is 31.5. The van der Waals surface area contributed by atoms with Crippen LogP contribution in [0.3, 0.4) is 0 Å². The van der Waals surface area contributed by atoms with Crippen molar-refractivity contribution in [2.45, 2.75) is 31.8 Å². The van der Waals surface area contributed by atoms with Crippen molar-refractivity contribution in [2.24, 2.45) is 29.4 Å². The Morgan fingerprint density at radius 1 is 1.09 bits per heavy atom. The molecule has 3 aliphatic carbocycles. The fourth-order valence-electron chi connectivity index (χ4n) is 6.93. The molecule has 2 fully saturated rings. The minimum Gasteiger partial charge on any atom is -0.507 e. The highest BCUT2D eigenvalue weighted by atomic mass is 16.5. The van der Waals surface area contributed by atoms with Crippen LogP contribution in [0.25, 0.3) is 11.1 Å². The zero-order valence-corrected chi connectivity index (χ0v) is 24.9. The molecule has 0 bridgehead atoms. The number of nitrogens with one attached hydrogen (secondary N) is 1. The van der Waals surface area contributed by atoms with Crippen LogP contribution in [0.5, 0.6) is 5.75 Å². The van der Waals surface area contributed by atoms with E-state index in [2.05, 4.69) is 5.32 Å². The lowest BCUT2D eigenvalue weighted by molar-refractivity contribution is -0.175. The van der Waals surface area contributed by atoms with Crippen LogP contribution >= 0.6 is 0 Å². The largest absolute Gasteiger partial charge is 0.507 e. The number of aromatic hydroxyl groups is 1. The summed E-state index contributed by atoms with van der Waals surface area (Å²) in [5.74, 6) is -12.2. The van der Waals surface area contributed by atoms with Crippen LogP contribution < -0.4 is 16.0 Å². The van der Waals surface area contributed by atoms with Gasteiger partial charge in [-0.1, -0.05) is 12.1 Å². The van der Waals surface area contributed by atoms with Gasteiger partial charge in [-0.25, -0.2) is 0 Å². The second-order valence-electron chi connectivity index (χ2n) is 11.8. The van der Waals surface area contributed by atoms with Gasteiger partial charge in [0, 0.05) is 43.2 Å². The summed E-state index contributed by atoms with van der Waals surface area (Å²) in [7, 11) is 3.47. The number of amides is 2. The molecule has 5 atom stereocenters. The molecule has 3 aliphatic rings. The van der Waals surface area contributed by atoms with Crippen molar-refractivity contribution in [1.29, 1.82) is 0 Å². The molecular weight excluding hydrogens is 586 g/mol. The van der Waals surface area contributed by atoms with E-state index in [4.69, 9.17) is 10.5 Å². The molecule has 13 heteroatoms. The van der Waals surface area contributed by atoms with Crippen molar-refractivity contribution >= 4 is 46.6 Å². The van der Waals surface area contributed by atoms with Crippen LogP contribution in [-0.2, 0) is 35.1 Å². The lowest BCUT2D eigenvalue weighted by atomic mass is 9.53. The lowest BCUT2D eigenvalue weighted by Crippen LogP contribution is -2.68. The maximum absolute atomic E-state index is 14.1. The molecule has 45 heavy (non-hydrogen) atoms. The highest BCUT2D eigenvalue weighted by molar-refractivity contribution is 6.31. The van der Waals surface area contributed by atoms with Crippen LogP contribution in [0.4, 0.5) is 5.69 Å². The van der Waals surface area contributed by atoms with Crippen molar-refractivity contribution in [3.8, 4) is 16.9 Å². The van der Waals surface area contributed by atoms with Gasteiger partial charge in [0.15, 0.2) is 34.7 Å². The monoisotopic (exact) mass is 619 g/mol. The van der Waals surface area contributed by atoms with Gasteiger partial charge < -0.3 is 30.9 Å². The van der Waals surface area contributed by atoms with E-state index in [1.54, 1.807) is 44.1 Å². The standard InChI is InChI=1S/C32H33N3O10/c1-4-45-22(37)13-34-31(43)15-7-5-6-14(8-15)18-12-20(35(2)3)19-10-16-9-17-11-21(36)25(30(33)42)29(41)32(17,44)28(40)23(16)27(39)24(19)26(18)38/h5-8,12,16-17,23,25,38,44H,4,9-11,13H2,1-3H3,(H2,33,42)(H,34,43)/t16-,17+,23?,25?,32+/m1/s1. The number of carbonyl (C=O) groups is 7. The number of nitrogens with zero attached hydrogens (tertiary/aromatic N) is 1. The summed E-state index contributed by atoms with van der Waals surface area (Å²) in [4.78, 5) is 91.8. The maximum Gasteiger partial charge on any atom is 0.325 e. The Morgan fingerprint density at radius 3 is 2.44 bits per heavy atom. The summed E-state index contributed by atoms with van der Waals surface area (Å²) < 4.78 is 4.83. The van der Waals surface area contributed by atoms with Crippen LogP contribution in [-0.4, -0.2) is 84.0 Å². The van der Waals surface area contributed by atoms with E-state index < -0.39 is 82.4 Å². The Bertz CT molecular complexity index is 1680. The van der Waals surface area contributed by atoms with E-state index in [1.807, 2.05) is 0 Å². The van der Waals surface area contributed by atoms with Crippen LogP contribution in [0.2, 0.25) is 0 Å². The fraction of sp³-hybridized carbons (Fsp3) is 0.406. The van der Waals surface area contributed by atoms with Gasteiger partial charge in [0.05, 0.1) is 18.1 Å². The number of aliphatic hydroxyl groups is 1. The summed E-state index contributed by atoms with van der Waals surface area (Å²) >= 11 is 0. The van der Waals surface area contributed by atoms with Gasteiger partial charge in [-0.2, -0.15) is 0 Å². The Hall–Kier alpha value is -4.91. The normalized spacial score (nSPS) is 25.5. The summed E-state index contributed by atoms with van der Waals surface area (Å²) in [5, 5.41) is 25.5. The van der Waals surface area contributed by atoms with Crippen LogP contribution in [0, 0.1) is 23.7 Å². The smallest absolute Gasteiger partial charge is 0.325 e. The second-order valence-corrected chi connectivity index (χ2v) is 11.8. The number of Topliss-reactive ketones (excluding diaryl/α,β-unsaturated/α-hetero) is 4. The molecule has 5 N–H and O–H groups in total. The topological polar surface area (TPSA) is 210 Å². The van der Waals surface area contributed by atoms with Crippen molar-refractivity contribution in [2.75, 3.05) is 32.1 Å². The quantitative estimate of drug-likeness (QED) is 0.245. The minimum absolute atomic E-state index is 0.0145. The van der Waals surface area contributed by atoms with E-state index >= 15 is 0 Å². The molecule has 0 aromatic heterocycles. The molecule has 0 heterocycles. The van der Waals surface area contributed by atoms with Gasteiger partial charge in [-0.15, -0.1) is 0 Å².